The van der Waals surface area contributed by atoms with Gasteiger partial charge in [0.2, 0.25) is 0 Å². The molecule has 1 aromatic carbocycles. The summed E-state index contributed by atoms with van der Waals surface area (Å²) in [6.45, 7) is 6.86. The predicted molar refractivity (Wildman–Crippen MR) is 137 cm³/mol. The van der Waals surface area contributed by atoms with Gasteiger partial charge in [-0.3, -0.25) is 9.78 Å². The number of fused-ring (bicyclic) bond motifs is 1. The van der Waals surface area contributed by atoms with Crippen LogP contribution in [0.2, 0.25) is 0 Å². The highest BCUT2D eigenvalue weighted by Crippen LogP contribution is 2.29. The second-order valence-corrected chi connectivity index (χ2v) is 10.3. The first-order chi connectivity index (χ1) is 16.8. The zero-order valence-corrected chi connectivity index (χ0v) is 20.7. The molecule has 2 N–H and O–H groups in total. The lowest BCUT2D eigenvalue weighted by atomic mass is 9.82. The number of nitrogens with one attached hydrogen (secondary N) is 2. The molecule has 1 aliphatic carbocycles. The van der Waals surface area contributed by atoms with Gasteiger partial charge in [0.1, 0.15) is 5.60 Å². The van der Waals surface area contributed by atoms with Crippen molar-refractivity contribution in [2.45, 2.75) is 52.1 Å². The van der Waals surface area contributed by atoms with E-state index in [-0.39, 0.29) is 12.0 Å². The molecule has 0 spiro atoms. The Labute approximate surface area is 206 Å². The maximum absolute atomic E-state index is 13.2. The molecular formula is C28H34N4O3. The van der Waals surface area contributed by atoms with E-state index in [0.717, 1.165) is 47.8 Å². The largest absolute Gasteiger partial charge is 0.444 e. The molecular weight excluding hydrogens is 440 g/mol. The Kier molecular flexibility index (Phi) is 7.63. The molecule has 0 bridgehead atoms. The van der Waals surface area contributed by atoms with Crippen LogP contribution in [-0.2, 0) is 4.74 Å². The number of hydrogen-bond donors (Lipinski definition) is 2. The lowest BCUT2D eigenvalue weighted by Crippen LogP contribution is -2.37. The summed E-state index contributed by atoms with van der Waals surface area (Å²) in [6, 6.07) is 13.4. The lowest BCUT2D eigenvalue weighted by molar-refractivity contribution is 0.0512. The summed E-state index contributed by atoms with van der Waals surface area (Å²) in [5, 5.41) is 6.89. The summed E-state index contributed by atoms with van der Waals surface area (Å²) in [5.41, 5.74) is 2.55. The zero-order valence-electron chi connectivity index (χ0n) is 20.7. The van der Waals surface area contributed by atoms with E-state index in [1.807, 2.05) is 63.2 Å². The van der Waals surface area contributed by atoms with Gasteiger partial charge in [-0.05, 0) is 82.6 Å². The molecule has 0 radical (unpaired) electrons. The van der Waals surface area contributed by atoms with E-state index in [1.165, 1.54) is 0 Å². The van der Waals surface area contributed by atoms with Crippen LogP contribution in [0, 0.1) is 11.8 Å². The molecule has 3 aromatic rings. The number of hydrogen-bond acceptors (Lipinski definition) is 5. The van der Waals surface area contributed by atoms with Crippen molar-refractivity contribution in [3.8, 4) is 11.3 Å². The Morgan fingerprint density at radius 2 is 1.66 bits per heavy atom. The van der Waals surface area contributed by atoms with Crippen molar-refractivity contribution < 1.29 is 14.3 Å². The molecule has 184 valence electrons. The van der Waals surface area contributed by atoms with Gasteiger partial charge in [0.05, 0.1) is 16.8 Å². The number of carbonyl (C=O) groups excluding carboxylic acids is 2. The fourth-order valence-electron chi connectivity index (χ4n) is 4.54. The van der Waals surface area contributed by atoms with E-state index < -0.39 is 5.60 Å². The summed E-state index contributed by atoms with van der Waals surface area (Å²) < 4.78 is 5.32. The van der Waals surface area contributed by atoms with Crippen molar-refractivity contribution in [1.82, 2.24) is 20.6 Å². The molecule has 2 aromatic heterocycles. The average molecular weight is 475 g/mol. The van der Waals surface area contributed by atoms with E-state index in [9.17, 15) is 9.59 Å². The van der Waals surface area contributed by atoms with Crippen molar-refractivity contribution in [1.29, 1.82) is 0 Å². The number of aromatic nitrogens is 2. The lowest BCUT2D eigenvalue weighted by Gasteiger charge is -2.29. The van der Waals surface area contributed by atoms with Gasteiger partial charge in [-0.15, -0.1) is 0 Å². The molecule has 0 unspecified atom stereocenters. The summed E-state index contributed by atoms with van der Waals surface area (Å²) in [5.74, 6) is 0.797. The van der Waals surface area contributed by atoms with E-state index in [0.29, 0.717) is 30.5 Å². The van der Waals surface area contributed by atoms with Crippen molar-refractivity contribution in [2.24, 2.45) is 11.8 Å². The van der Waals surface area contributed by atoms with Crippen molar-refractivity contribution in [3.05, 3.63) is 60.4 Å². The van der Waals surface area contributed by atoms with Gasteiger partial charge in [-0.25, -0.2) is 9.78 Å². The predicted octanol–water partition coefficient (Wildman–Crippen LogP) is 5.36. The molecule has 7 heteroatoms. The summed E-state index contributed by atoms with van der Waals surface area (Å²) in [4.78, 5) is 34.0. The summed E-state index contributed by atoms with van der Waals surface area (Å²) in [7, 11) is 0. The Balaban J connectivity index is 1.33. The van der Waals surface area contributed by atoms with Crippen molar-refractivity contribution in [2.75, 3.05) is 13.1 Å². The molecule has 1 aliphatic rings. The first kappa shape index (κ1) is 24.6. The minimum absolute atomic E-state index is 0.0811. The van der Waals surface area contributed by atoms with Gasteiger partial charge in [0.25, 0.3) is 5.91 Å². The first-order valence-electron chi connectivity index (χ1n) is 12.3. The molecule has 0 saturated heterocycles. The number of alkyl carbamates (subject to hydrolysis) is 1. The van der Waals surface area contributed by atoms with Crippen LogP contribution < -0.4 is 10.6 Å². The normalized spacial score (nSPS) is 18.1. The SMILES string of the molecule is CC(C)(C)OC(=O)NC[C@H]1CC[C@H](CNC(=O)c2cc(-c3cccnc3)nc3ccccc23)CC1. The van der Waals surface area contributed by atoms with E-state index in [2.05, 4.69) is 15.6 Å². The third-order valence-corrected chi connectivity index (χ3v) is 6.37. The molecule has 4 rings (SSSR count). The smallest absolute Gasteiger partial charge is 0.407 e. The van der Waals surface area contributed by atoms with Gasteiger partial charge in [0.15, 0.2) is 0 Å². The number of benzene rings is 1. The van der Waals surface area contributed by atoms with Gasteiger partial charge in [-0.2, -0.15) is 0 Å². The highest BCUT2D eigenvalue weighted by atomic mass is 16.6. The van der Waals surface area contributed by atoms with Crippen LogP contribution in [0.4, 0.5) is 4.79 Å². The number of para-hydroxylation sites is 1. The second kappa shape index (κ2) is 10.8. The first-order valence-corrected chi connectivity index (χ1v) is 12.3. The quantitative estimate of drug-likeness (QED) is 0.502. The van der Waals surface area contributed by atoms with Crippen LogP contribution in [0.15, 0.2) is 54.9 Å². The molecule has 1 fully saturated rings. The third-order valence-electron chi connectivity index (χ3n) is 6.37. The van der Waals surface area contributed by atoms with E-state index >= 15 is 0 Å². The number of pyridine rings is 2. The van der Waals surface area contributed by atoms with Crippen LogP contribution >= 0.6 is 0 Å². The Morgan fingerprint density at radius 3 is 2.31 bits per heavy atom. The monoisotopic (exact) mass is 474 g/mol. The molecule has 0 atom stereocenters. The van der Waals surface area contributed by atoms with Gasteiger partial charge >= 0.3 is 6.09 Å². The third kappa shape index (κ3) is 6.78. The van der Waals surface area contributed by atoms with Crippen LogP contribution in [0.3, 0.4) is 0 Å². The topological polar surface area (TPSA) is 93.2 Å². The molecule has 2 amide bonds. The molecule has 2 heterocycles. The van der Waals surface area contributed by atoms with Crippen LogP contribution in [0.1, 0.15) is 56.8 Å². The summed E-state index contributed by atoms with van der Waals surface area (Å²) in [6.07, 6.45) is 7.23. The van der Waals surface area contributed by atoms with Crippen molar-refractivity contribution in [3.63, 3.8) is 0 Å². The molecule has 7 nitrogen and oxygen atoms in total. The standard InChI is InChI=1S/C28H34N4O3/c1-28(2,3)35-27(34)31-17-20-12-10-19(11-13-20)16-30-26(33)23-15-25(21-7-6-14-29-18-21)32-24-9-5-4-8-22(23)24/h4-9,14-15,18-20H,10-13,16-17H2,1-3H3,(H,30,33)(H,31,34)/t19-,20-. The fraction of sp³-hybridized carbons (Fsp3) is 0.429. The number of amides is 2. The maximum Gasteiger partial charge on any atom is 0.407 e. The minimum Gasteiger partial charge on any atom is -0.444 e. The second-order valence-electron chi connectivity index (χ2n) is 10.3. The number of ether oxygens (including phenoxy) is 1. The highest BCUT2D eigenvalue weighted by Gasteiger charge is 2.24. The van der Waals surface area contributed by atoms with E-state index in [4.69, 9.17) is 9.72 Å². The van der Waals surface area contributed by atoms with E-state index in [1.54, 1.807) is 12.4 Å². The average Bonchev–Trinajstić information content (AvgIpc) is 2.85. The minimum atomic E-state index is -0.487. The molecule has 35 heavy (non-hydrogen) atoms. The van der Waals surface area contributed by atoms with Gasteiger partial charge in [-0.1, -0.05) is 18.2 Å². The van der Waals surface area contributed by atoms with Gasteiger partial charge in [0, 0.05) is 36.4 Å². The zero-order chi connectivity index (χ0) is 24.8. The van der Waals surface area contributed by atoms with Crippen LogP contribution in [-0.4, -0.2) is 40.7 Å². The number of carbonyl (C=O) groups is 2. The fourth-order valence-corrected chi connectivity index (χ4v) is 4.54. The Morgan fingerprint density at radius 1 is 0.971 bits per heavy atom. The maximum atomic E-state index is 13.2. The molecule has 0 aliphatic heterocycles. The summed E-state index contributed by atoms with van der Waals surface area (Å²) >= 11 is 0. The molecule has 1 saturated carbocycles. The highest BCUT2D eigenvalue weighted by molar-refractivity contribution is 6.07. The Hall–Kier alpha value is -3.48. The number of rotatable bonds is 6. The Bertz CT molecular complexity index is 1170. The van der Waals surface area contributed by atoms with Crippen molar-refractivity contribution >= 4 is 22.9 Å². The number of nitrogens with zero attached hydrogens (tertiary/aromatic N) is 2. The van der Waals surface area contributed by atoms with Crippen LogP contribution in [0.25, 0.3) is 22.2 Å². The van der Waals surface area contributed by atoms with Crippen LogP contribution in [0.5, 0.6) is 0 Å². The van der Waals surface area contributed by atoms with Gasteiger partial charge < -0.3 is 15.4 Å².